The van der Waals surface area contributed by atoms with Gasteiger partial charge in [-0.3, -0.25) is 0 Å². The van der Waals surface area contributed by atoms with Gasteiger partial charge in [0.05, 0.1) is 26.4 Å². The fraction of sp³-hybridized carbons (Fsp3) is 0.500. The summed E-state index contributed by atoms with van der Waals surface area (Å²) in [6.45, 7) is 6.74. The molecule has 26 heavy (non-hydrogen) atoms. The van der Waals surface area contributed by atoms with Gasteiger partial charge in [0.15, 0.2) is 11.6 Å². The standard InChI is InChI=1S/C18H24N6O2/c1-2-4-15(5-3-1)14-19-18-20-16(23-6-10-25-11-7-23)17(21-22-18)24-8-12-26-13-9-24/h1-5H,6-14H2,(H,19,20,22). The van der Waals surface area contributed by atoms with Gasteiger partial charge in [-0.2, -0.15) is 4.98 Å². The van der Waals surface area contributed by atoms with E-state index < -0.39 is 0 Å². The predicted molar refractivity (Wildman–Crippen MR) is 99.7 cm³/mol. The molecule has 138 valence electrons. The van der Waals surface area contributed by atoms with Crippen LogP contribution in [0.25, 0.3) is 0 Å². The van der Waals surface area contributed by atoms with E-state index in [1.165, 1.54) is 5.56 Å². The lowest BCUT2D eigenvalue weighted by Gasteiger charge is -2.33. The van der Waals surface area contributed by atoms with Gasteiger partial charge in [0, 0.05) is 32.7 Å². The van der Waals surface area contributed by atoms with Crippen LogP contribution in [0.1, 0.15) is 5.56 Å². The van der Waals surface area contributed by atoms with Crippen molar-refractivity contribution in [3.63, 3.8) is 0 Å². The van der Waals surface area contributed by atoms with Gasteiger partial charge in [-0.15, -0.1) is 10.2 Å². The lowest BCUT2D eigenvalue weighted by molar-refractivity contribution is 0.120. The average molecular weight is 356 g/mol. The van der Waals surface area contributed by atoms with E-state index in [4.69, 9.17) is 14.5 Å². The molecule has 2 aromatic rings. The van der Waals surface area contributed by atoms with Crippen molar-refractivity contribution < 1.29 is 9.47 Å². The molecule has 4 rings (SSSR count). The highest BCUT2D eigenvalue weighted by Gasteiger charge is 2.24. The predicted octanol–water partition coefficient (Wildman–Crippen LogP) is 1.16. The monoisotopic (exact) mass is 356 g/mol. The highest BCUT2D eigenvalue weighted by Crippen LogP contribution is 2.27. The Bertz CT molecular complexity index is 702. The number of rotatable bonds is 5. The van der Waals surface area contributed by atoms with Gasteiger partial charge in [-0.1, -0.05) is 30.3 Å². The van der Waals surface area contributed by atoms with Crippen LogP contribution in [0.15, 0.2) is 30.3 Å². The minimum Gasteiger partial charge on any atom is -0.378 e. The Balaban J connectivity index is 1.55. The first kappa shape index (κ1) is 17.0. The van der Waals surface area contributed by atoms with Gasteiger partial charge in [-0.25, -0.2) is 0 Å². The maximum Gasteiger partial charge on any atom is 0.245 e. The van der Waals surface area contributed by atoms with Crippen molar-refractivity contribution in [1.29, 1.82) is 0 Å². The van der Waals surface area contributed by atoms with E-state index in [1.54, 1.807) is 0 Å². The Labute approximate surface area is 153 Å². The number of anilines is 3. The molecule has 0 saturated carbocycles. The first-order valence-electron chi connectivity index (χ1n) is 9.08. The van der Waals surface area contributed by atoms with Gasteiger partial charge < -0.3 is 24.6 Å². The van der Waals surface area contributed by atoms with Crippen molar-refractivity contribution in [2.45, 2.75) is 6.54 Å². The third kappa shape index (κ3) is 4.03. The summed E-state index contributed by atoms with van der Waals surface area (Å²) in [7, 11) is 0. The van der Waals surface area contributed by atoms with Gasteiger partial charge >= 0.3 is 0 Å². The van der Waals surface area contributed by atoms with Crippen LogP contribution in [0.5, 0.6) is 0 Å². The van der Waals surface area contributed by atoms with Crippen molar-refractivity contribution in [3.05, 3.63) is 35.9 Å². The molecule has 0 unspecified atom stereocenters. The van der Waals surface area contributed by atoms with Crippen LogP contribution < -0.4 is 15.1 Å². The summed E-state index contributed by atoms with van der Waals surface area (Å²) in [6.07, 6.45) is 0. The van der Waals surface area contributed by atoms with Gasteiger partial charge in [-0.05, 0) is 5.56 Å². The Morgan fingerprint density at radius 2 is 1.42 bits per heavy atom. The summed E-state index contributed by atoms with van der Waals surface area (Å²) in [5.74, 6) is 2.26. The molecule has 2 aliphatic heterocycles. The van der Waals surface area contributed by atoms with Crippen molar-refractivity contribution in [1.82, 2.24) is 15.2 Å². The topological polar surface area (TPSA) is 75.6 Å². The number of benzene rings is 1. The second kappa shape index (κ2) is 8.29. The first-order valence-corrected chi connectivity index (χ1v) is 9.08. The van der Waals surface area contributed by atoms with Crippen LogP contribution in [-0.2, 0) is 16.0 Å². The lowest BCUT2D eigenvalue weighted by atomic mass is 10.2. The van der Waals surface area contributed by atoms with Gasteiger partial charge in [0.2, 0.25) is 5.95 Å². The van der Waals surface area contributed by atoms with E-state index in [-0.39, 0.29) is 0 Å². The zero-order valence-electron chi connectivity index (χ0n) is 14.8. The maximum absolute atomic E-state index is 5.49. The maximum atomic E-state index is 5.49. The molecule has 1 aromatic heterocycles. The summed E-state index contributed by atoms with van der Waals surface area (Å²) < 4.78 is 10.9. The van der Waals surface area contributed by atoms with E-state index in [9.17, 15) is 0 Å². The van der Waals surface area contributed by atoms with Crippen LogP contribution in [0, 0.1) is 0 Å². The second-order valence-electron chi connectivity index (χ2n) is 6.32. The zero-order valence-corrected chi connectivity index (χ0v) is 14.8. The molecule has 8 heteroatoms. The van der Waals surface area contributed by atoms with E-state index in [2.05, 4.69) is 37.4 Å². The largest absolute Gasteiger partial charge is 0.378 e. The molecule has 0 aliphatic carbocycles. The summed E-state index contributed by atoms with van der Waals surface area (Å²) in [5.41, 5.74) is 1.18. The average Bonchev–Trinajstić information content (AvgIpc) is 2.74. The molecule has 1 aromatic carbocycles. The normalized spacial score (nSPS) is 18.0. The second-order valence-corrected chi connectivity index (χ2v) is 6.32. The third-order valence-corrected chi connectivity index (χ3v) is 4.57. The molecule has 2 fully saturated rings. The molecule has 0 atom stereocenters. The van der Waals surface area contributed by atoms with Crippen molar-refractivity contribution in [3.8, 4) is 0 Å². The van der Waals surface area contributed by atoms with E-state index in [0.717, 1.165) is 37.8 Å². The first-order chi connectivity index (χ1) is 12.9. The van der Waals surface area contributed by atoms with Crippen LogP contribution in [0.2, 0.25) is 0 Å². The molecule has 3 heterocycles. The fourth-order valence-electron chi connectivity index (χ4n) is 3.13. The SMILES string of the molecule is c1ccc(CNc2nnc(N3CCOCC3)c(N3CCOCC3)n2)cc1. The van der Waals surface area contributed by atoms with Crippen LogP contribution in [0.4, 0.5) is 17.6 Å². The number of nitrogens with one attached hydrogen (secondary N) is 1. The third-order valence-electron chi connectivity index (χ3n) is 4.57. The lowest BCUT2D eigenvalue weighted by Crippen LogP contribution is -2.41. The van der Waals surface area contributed by atoms with E-state index in [0.29, 0.717) is 38.9 Å². The molecule has 0 radical (unpaired) electrons. The number of nitrogens with zero attached hydrogens (tertiary/aromatic N) is 5. The van der Waals surface area contributed by atoms with Crippen LogP contribution in [-0.4, -0.2) is 67.8 Å². The number of hydrogen-bond acceptors (Lipinski definition) is 8. The fourth-order valence-corrected chi connectivity index (χ4v) is 3.13. The summed E-state index contributed by atoms with van der Waals surface area (Å²) in [6, 6.07) is 10.2. The zero-order chi connectivity index (χ0) is 17.6. The van der Waals surface area contributed by atoms with Gasteiger partial charge in [0.25, 0.3) is 0 Å². The quantitative estimate of drug-likeness (QED) is 0.855. The molecular weight excluding hydrogens is 332 g/mol. The van der Waals surface area contributed by atoms with Gasteiger partial charge in [0.1, 0.15) is 0 Å². The van der Waals surface area contributed by atoms with Crippen LogP contribution >= 0.6 is 0 Å². The molecule has 0 spiro atoms. The molecule has 0 amide bonds. The summed E-state index contributed by atoms with van der Waals surface area (Å²) >= 11 is 0. The highest BCUT2D eigenvalue weighted by atomic mass is 16.5. The number of aromatic nitrogens is 3. The Morgan fingerprint density at radius 3 is 2.08 bits per heavy atom. The number of ether oxygens (including phenoxy) is 2. The van der Waals surface area contributed by atoms with E-state index >= 15 is 0 Å². The number of morpholine rings is 2. The van der Waals surface area contributed by atoms with Crippen molar-refractivity contribution >= 4 is 17.6 Å². The molecule has 8 nitrogen and oxygen atoms in total. The minimum absolute atomic E-state index is 0.548. The van der Waals surface area contributed by atoms with Crippen molar-refractivity contribution in [2.24, 2.45) is 0 Å². The summed E-state index contributed by atoms with van der Waals surface area (Å²) in [5, 5.41) is 12.1. The number of hydrogen-bond donors (Lipinski definition) is 1. The smallest absolute Gasteiger partial charge is 0.245 e. The van der Waals surface area contributed by atoms with E-state index in [1.807, 2.05) is 18.2 Å². The Kier molecular flexibility index (Phi) is 5.41. The highest BCUT2D eigenvalue weighted by molar-refractivity contribution is 5.63. The Hall–Kier alpha value is -2.45. The van der Waals surface area contributed by atoms with Crippen LogP contribution in [0.3, 0.4) is 0 Å². The molecular formula is C18H24N6O2. The molecule has 2 saturated heterocycles. The minimum atomic E-state index is 0.548. The Morgan fingerprint density at radius 1 is 0.808 bits per heavy atom. The molecule has 1 N–H and O–H groups in total. The van der Waals surface area contributed by atoms with Crippen molar-refractivity contribution in [2.75, 3.05) is 67.7 Å². The molecule has 0 bridgehead atoms. The molecule has 2 aliphatic rings. The summed E-state index contributed by atoms with van der Waals surface area (Å²) in [4.78, 5) is 9.23.